The fourth-order valence-corrected chi connectivity index (χ4v) is 4.70. The van der Waals surface area contributed by atoms with Gasteiger partial charge in [0.15, 0.2) is 0 Å². The number of aryl methyl sites for hydroxylation is 1. The smallest absolute Gasteiger partial charge is 0.308 e. The predicted molar refractivity (Wildman–Crippen MR) is 102 cm³/mol. The molecule has 1 fully saturated rings. The molecular formula is C20H24N2O3S. The highest BCUT2D eigenvalue weighted by atomic mass is 32.1. The Bertz CT molecular complexity index is 803. The summed E-state index contributed by atoms with van der Waals surface area (Å²) in [6.45, 7) is 3.68. The zero-order chi connectivity index (χ0) is 18.7. The number of rotatable bonds is 5. The van der Waals surface area contributed by atoms with E-state index in [1.165, 1.54) is 11.3 Å². The summed E-state index contributed by atoms with van der Waals surface area (Å²) in [5.41, 5.74) is 1.14. The first kappa shape index (κ1) is 18.6. The van der Waals surface area contributed by atoms with E-state index >= 15 is 0 Å². The third kappa shape index (κ3) is 3.96. The zero-order valence-corrected chi connectivity index (χ0v) is 15.9. The number of benzene rings is 1. The second-order valence-electron chi connectivity index (χ2n) is 7.19. The van der Waals surface area contributed by atoms with Crippen LogP contribution in [0.5, 0.6) is 0 Å². The van der Waals surface area contributed by atoms with E-state index in [1.807, 2.05) is 44.2 Å². The molecule has 0 saturated heterocycles. The van der Waals surface area contributed by atoms with Gasteiger partial charge < -0.3 is 10.4 Å². The van der Waals surface area contributed by atoms with E-state index in [0.29, 0.717) is 29.8 Å². The Morgan fingerprint density at radius 3 is 2.73 bits per heavy atom. The summed E-state index contributed by atoms with van der Waals surface area (Å²) >= 11 is 1.39. The normalized spacial score (nSPS) is 22.8. The van der Waals surface area contributed by atoms with Crippen LogP contribution in [0.4, 0.5) is 0 Å². The molecule has 3 rings (SSSR count). The molecule has 2 unspecified atom stereocenters. The minimum absolute atomic E-state index is 0.213. The van der Waals surface area contributed by atoms with Crippen LogP contribution in [0, 0.1) is 12.8 Å². The van der Waals surface area contributed by atoms with Crippen molar-refractivity contribution in [3.05, 3.63) is 51.5 Å². The Hall–Kier alpha value is -2.21. The molecule has 0 spiro atoms. The summed E-state index contributed by atoms with van der Waals surface area (Å²) in [7, 11) is 0. The standard InChI is InChI=1S/C20H24N2O3S/c1-13-17(26-16(21-13)12-14-8-4-3-5-9-14)18(23)22-20(2)11-7-6-10-15(20)19(24)25/h3-5,8-9,15H,6-7,10-12H2,1-2H3,(H,22,23)(H,24,25). The van der Waals surface area contributed by atoms with E-state index in [9.17, 15) is 14.7 Å². The van der Waals surface area contributed by atoms with Gasteiger partial charge in [-0.2, -0.15) is 0 Å². The first-order valence-corrected chi connectivity index (χ1v) is 9.76. The van der Waals surface area contributed by atoms with Gasteiger partial charge in [0.25, 0.3) is 5.91 Å². The average Bonchev–Trinajstić information content (AvgIpc) is 2.96. The summed E-state index contributed by atoms with van der Waals surface area (Å²) < 4.78 is 0. The summed E-state index contributed by atoms with van der Waals surface area (Å²) in [5, 5.41) is 13.4. The number of aromatic nitrogens is 1. The van der Waals surface area contributed by atoms with Crippen molar-refractivity contribution >= 4 is 23.2 Å². The molecule has 1 aliphatic rings. The topological polar surface area (TPSA) is 79.3 Å². The van der Waals surface area contributed by atoms with Crippen molar-refractivity contribution in [3.8, 4) is 0 Å². The lowest BCUT2D eigenvalue weighted by Crippen LogP contribution is -2.55. The number of aliphatic carboxylic acids is 1. The van der Waals surface area contributed by atoms with Gasteiger partial charge in [0.1, 0.15) is 4.88 Å². The van der Waals surface area contributed by atoms with Crippen LogP contribution >= 0.6 is 11.3 Å². The Morgan fingerprint density at radius 1 is 1.31 bits per heavy atom. The zero-order valence-electron chi connectivity index (χ0n) is 15.1. The fourth-order valence-electron chi connectivity index (χ4n) is 3.70. The van der Waals surface area contributed by atoms with Crippen molar-refractivity contribution in [2.24, 2.45) is 5.92 Å². The van der Waals surface area contributed by atoms with Crippen LogP contribution in [0.15, 0.2) is 30.3 Å². The molecule has 0 bridgehead atoms. The monoisotopic (exact) mass is 372 g/mol. The van der Waals surface area contributed by atoms with Gasteiger partial charge in [-0.05, 0) is 32.3 Å². The van der Waals surface area contributed by atoms with Gasteiger partial charge in [-0.15, -0.1) is 11.3 Å². The maximum Gasteiger partial charge on any atom is 0.308 e. The number of nitrogens with one attached hydrogen (secondary N) is 1. The number of hydrogen-bond acceptors (Lipinski definition) is 4. The first-order chi connectivity index (χ1) is 12.4. The first-order valence-electron chi connectivity index (χ1n) is 8.94. The fraction of sp³-hybridized carbons (Fsp3) is 0.450. The lowest BCUT2D eigenvalue weighted by molar-refractivity contribution is -0.145. The Balaban J connectivity index is 1.76. The van der Waals surface area contributed by atoms with E-state index in [1.54, 1.807) is 0 Å². The number of thiazole rings is 1. The Labute approximate surface area is 157 Å². The molecule has 1 heterocycles. The number of amides is 1. The number of nitrogens with zero attached hydrogens (tertiary/aromatic N) is 1. The van der Waals surface area contributed by atoms with E-state index in [2.05, 4.69) is 10.3 Å². The highest BCUT2D eigenvalue weighted by Gasteiger charge is 2.42. The van der Waals surface area contributed by atoms with Crippen molar-refractivity contribution in [2.45, 2.75) is 51.5 Å². The second-order valence-corrected chi connectivity index (χ2v) is 8.28. The van der Waals surface area contributed by atoms with Gasteiger partial charge in [0, 0.05) is 6.42 Å². The largest absolute Gasteiger partial charge is 0.481 e. The van der Waals surface area contributed by atoms with Crippen molar-refractivity contribution in [2.75, 3.05) is 0 Å². The van der Waals surface area contributed by atoms with Gasteiger partial charge in [-0.25, -0.2) is 4.98 Å². The lowest BCUT2D eigenvalue weighted by atomic mass is 9.74. The second kappa shape index (κ2) is 7.58. The quantitative estimate of drug-likeness (QED) is 0.836. The molecule has 138 valence electrons. The molecule has 2 aromatic rings. The van der Waals surface area contributed by atoms with Gasteiger partial charge in [0.2, 0.25) is 0 Å². The Kier molecular flexibility index (Phi) is 5.41. The van der Waals surface area contributed by atoms with Crippen LogP contribution in [-0.2, 0) is 11.2 Å². The summed E-state index contributed by atoms with van der Waals surface area (Å²) in [5.74, 6) is -1.59. The van der Waals surface area contributed by atoms with Crippen molar-refractivity contribution in [1.82, 2.24) is 10.3 Å². The van der Waals surface area contributed by atoms with Crippen LogP contribution in [0.2, 0.25) is 0 Å². The van der Waals surface area contributed by atoms with Gasteiger partial charge >= 0.3 is 5.97 Å². The Morgan fingerprint density at radius 2 is 2.04 bits per heavy atom. The van der Waals surface area contributed by atoms with E-state index < -0.39 is 17.4 Å². The SMILES string of the molecule is Cc1nc(Cc2ccccc2)sc1C(=O)NC1(C)CCCCC1C(=O)O. The number of carboxylic acids is 1. The van der Waals surface area contributed by atoms with Gasteiger partial charge in [0.05, 0.1) is 22.2 Å². The molecule has 0 aliphatic heterocycles. The highest BCUT2D eigenvalue weighted by Crippen LogP contribution is 2.34. The third-order valence-corrected chi connectivity index (χ3v) is 6.31. The lowest BCUT2D eigenvalue weighted by Gasteiger charge is -2.39. The molecule has 2 N–H and O–H groups in total. The van der Waals surface area contributed by atoms with E-state index in [0.717, 1.165) is 23.4 Å². The van der Waals surface area contributed by atoms with E-state index in [4.69, 9.17) is 0 Å². The third-order valence-electron chi connectivity index (χ3n) is 5.15. The summed E-state index contributed by atoms with van der Waals surface area (Å²) in [6, 6.07) is 10.0. The van der Waals surface area contributed by atoms with Crippen molar-refractivity contribution < 1.29 is 14.7 Å². The molecule has 0 radical (unpaired) electrons. The van der Waals surface area contributed by atoms with Crippen LogP contribution < -0.4 is 5.32 Å². The molecule has 1 saturated carbocycles. The van der Waals surface area contributed by atoms with Crippen LogP contribution in [0.3, 0.4) is 0 Å². The highest BCUT2D eigenvalue weighted by molar-refractivity contribution is 7.13. The minimum atomic E-state index is -0.835. The van der Waals surface area contributed by atoms with Crippen molar-refractivity contribution in [1.29, 1.82) is 0 Å². The molecule has 1 aromatic carbocycles. The van der Waals surface area contributed by atoms with Crippen LogP contribution in [-0.4, -0.2) is 27.5 Å². The van der Waals surface area contributed by atoms with E-state index in [-0.39, 0.29) is 5.91 Å². The summed E-state index contributed by atoms with van der Waals surface area (Å²) in [4.78, 5) is 29.6. The molecule has 2 atom stereocenters. The van der Waals surface area contributed by atoms with Crippen molar-refractivity contribution in [3.63, 3.8) is 0 Å². The van der Waals surface area contributed by atoms with Crippen LogP contribution in [0.1, 0.15) is 58.5 Å². The number of carbonyl (C=O) groups excluding carboxylic acids is 1. The molecule has 1 aromatic heterocycles. The van der Waals surface area contributed by atoms with Gasteiger partial charge in [-0.3, -0.25) is 9.59 Å². The molecule has 1 amide bonds. The maximum absolute atomic E-state index is 12.8. The molecule has 1 aliphatic carbocycles. The molecule has 6 heteroatoms. The average molecular weight is 372 g/mol. The number of carbonyl (C=O) groups is 2. The van der Waals surface area contributed by atoms with Gasteiger partial charge in [-0.1, -0.05) is 43.2 Å². The molecule has 5 nitrogen and oxygen atoms in total. The summed E-state index contributed by atoms with van der Waals surface area (Å²) in [6.07, 6.45) is 3.80. The predicted octanol–water partition coefficient (Wildman–Crippen LogP) is 3.81. The maximum atomic E-state index is 12.8. The molecule has 26 heavy (non-hydrogen) atoms. The molecular weight excluding hydrogens is 348 g/mol. The van der Waals surface area contributed by atoms with Crippen LogP contribution in [0.25, 0.3) is 0 Å². The number of carboxylic acid groups (broad SMARTS) is 1. The minimum Gasteiger partial charge on any atom is -0.481 e. The number of hydrogen-bond donors (Lipinski definition) is 2.